The van der Waals surface area contributed by atoms with Crippen LogP contribution in [0.25, 0.3) is 12.2 Å². The summed E-state index contributed by atoms with van der Waals surface area (Å²) in [6.45, 7) is 0. The zero-order valence-corrected chi connectivity index (χ0v) is 33.0. The average Bonchev–Trinajstić information content (AvgIpc) is 3.26. The Hall–Kier alpha value is -7.58. The van der Waals surface area contributed by atoms with Crippen LogP contribution in [0.5, 0.6) is 23.0 Å². The molecule has 5 aromatic carbocycles. The van der Waals surface area contributed by atoms with Gasteiger partial charge in [0.1, 0.15) is 35.2 Å². The molecule has 0 aliphatic carbocycles. The van der Waals surface area contributed by atoms with E-state index in [1.54, 1.807) is 0 Å². The summed E-state index contributed by atoms with van der Waals surface area (Å²) in [5.41, 5.74) is 12.6. The van der Waals surface area contributed by atoms with Gasteiger partial charge in [-0.3, -0.25) is 9.59 Å². The van der Waals surface area contributed by atoms with Crippen molar-refractivity contribution in [2.45, 2.75) is 43.2 Å². The molecule has 65 heavy (non-hydrogen) atoms. The van der Waals surface area contributed by atoms with Crippen molar-refractivity contribution in [2.75, 3.05) is 11.5 Å². The highest BCUT2D eigenvalue weighted by Crippen LogP contribution is 2.33. The second kappa shape index (κ2) is 20.7. The van der Waals surface area contributed by atoms with E-state index in [1.807, 2.05) is 0 Å². The summed E-state index contributed by atoms with van der Waals surface area (Å²) >= 11 is 0. The van der Waals surface area contributed by atoms with E-state index in [1.165, 1.54) is 78.9 Å². The Bertz CT molecular complexity index is 2390. The number of anilines is 2. The first-order valence-electron chi connectivity index (χ1n) is 18.6. The van der Waals surface area contributed by atoms with Gasteiger partial charge in [-0.25, -0.2) is 9.59 Å². The molecule has 340 valence electrons. The third kappa shape index (κ3) is 13.0. The maximum absolute atomic E-state index is 13.3. The molecule has 0 saturated heterocycles. The molecule has 0 radical (unpaired) electrons. The molecule has 5 rings (SSSR count). The minimum absolute atomic E-state index is 0.0126. The summed E-state index contributed by atoms with van der Waals surface area (Å²) in [7, 11) is 0. The minimum Gasteiger partial charge on any atom is -0.428 e. The van der Waals surface area contributed by atoms with Crippen LogP contribution in [0, 0.1) is 0 Å². The Labute approximate surface area is 362 Å². The van der Waals surface area contributed by atoms with Crippen LogP contribution in [0.15, 0.2) is 127 Å². The van der Waals surface area contributed by atoms with Gasteiger partial charge in [0.25, 0.3) is 0 Å². The summed E-state index contributed by atoms with van der Waals surface area (Å²) < 4.78 is 121. The number of hydrogen-bond acceptors (Lipinski definition) is 12. The number of carbonyl (C=O) groups is 4. The van der Waals surface area contributed by atoms with Crippen LogP contribution in [0.2, 0.25) is 0 Å². The fourth-order valence-corrected chi connectivity index (χ4v) is 5.66. The number of hydrogen-bond donors (Lipinski definition) is 4. The minimum atomic E-state index is -4.74. The number of aliphatic hydroxyl groups excluding tert-OH is 2. The third-order valence-corrected chi connectivity index (χ3v) is 8.99. The second-order valence-corrected chi connectivity index (χ2v) is 13.7. The van der Waals surface area contributed by atoms with Gasteiger partial charge in [-0.15, -0.1) is 0 Å². The molecular weight excluding hydrogens is 880 g/mol. The van der Waals surface area contributed by atoms with Crippen molar-refractivity contribution >= 4 is 47.0 Å². The number of nitrogen functional groups attached to an aromatic ring is 2. The van der Waals surface area contributed by atoms with E-state index in [4.69, 9.17) is 20.9 Å². The molecule has 6 N–H and O–H groups in total. The van der Waals surface area contributed by atoms with Gasteiger partial charge < -0.3 is 40.6 Å². The molecule has 0 aromatic heterocycles. The Balaban J connectivity index is 1.21. The number of ketones is 2. The predicted octanol–water partition coefficient (Wildman–Crippen LogP) is 8.13. The SMILES string of the molecule is Nc1ccc(C(C(O)C(=O)/C=C/c2ccc(OC(=O)c3ccc(OC(F)(F)C(F)F)cc3)cc2)C(O)C(=O)/C=C/c2ccc(OC(=O)c3ccc(OC(F)(F)C(F)F)cc3)cc2)c(N)c1. The van der Waals surface area contributed by atoms with Crippen molar-refractivity contribution in [3.8, 4) is 23.0 Å². The van der Waals surface area contributed by atoms with Gasteiger partial charge in [0.2, 0.25) is 0 Å². The first-order valence-corrected chi connectivity index (χ1v) is 18.6. The summed E-state index contributed by atoms with van der Waals surface area (Å²) in [6, 6.07) is 22.6. The zero-order chi connectivity index (χ0) is 47.6. The standard InChI is InChI=1S/C45H34F8N2O10/c46-42(47)44(50,51)64-31-16-7-26(8-17-31)40(60)62-29-12-1-24(2-13-29)5-21-35(56)38(58)37(33-20-11-28(54)23-34(33)55)39(59)36(57)22-6-25-3-14-30(15-4-25)63-41(61)27-9-18-32(19-10-27)65-45(52,53)43(48)49/h1-23,37-39,42-43,58-59H,54-55H2/b21-5+,22-6+. The van der Waals surface area contributed by atoms with Crippen molar-refractivity contribution in [1.82, 2.24) is 0 Å². The number of nitrogens with two attached hydrogens (primary N) is 2. The lowest BCUT2D eigenvalue weighted by atomic mass is 9.83. The Kier molecular flexibility index (Phi) is 15.5. The molecule has 0 saturated carbocycles. The van der Waals surface area contributed by atoms with E-state index in [-0.39, 0.29) is 39.6 Å². The van der Waals surface area contributed by atoms with Gasteiger partial charge >= 0.3 is 37.0 Å². The van der Waals surface area contributed by atoms with Crippen molar-refractivity contribution in [1.29, 1.82) is 0 Å². The van der Waals surface area contributed by atoms with Crippen LogP contribution in [-0.2, 0) is 9.59 Å². The fourth-order valence-electron chi connectivity index (χ4n) is 5.66. The molecule has 2 unspecified atom stereocenters. The van der Waals surface area contributed by atoms with E-state index in [9.17, 15) is 64.5 Å². The van der Waals surface area contributed by atoms with Gasteiger partial charge in [-0.2, -0.15) is 35.1 Å². The summed E-state index contributed by atoms with van der Waals surface area (Å²) in [4.78, 5) is 51.7. The third-order valence-electron chi connectivity index (χ3n) is 8.99. The molecule has 0 heterocycles. The number of benzene rings is 5. The number of rotatable bonds is 19. The van der Waals surface area contributed by atoms with Crippen molar-refractivity contribution in [3.05, 3.63) is 155 Å². The smallest absolute Gasteiger partial charge is 0.428 e. The predicted molar refractivity (Wildman–Crippen MR) is 217 cm³/mol. The molecule has 0 bridgehead atoms. The van der Waals surface area contributed by atoms with Crippen LogP contribution in [-0.4, -0.2) is 71.0 Å². The monoisotopic (exact) mass is 914 g/mol. The van der Waals surface area contributed by atoms with Gasteiger partial charge in [-0.05, 0) is 114 Å². The average molecular weight is 915 g/mol. The second-order valence-electron chi connectivity index (χ2n) is 13.7. The number of aliphatic hydroxyl groups is 2. The molecule has 2 atom stereocenters. The number of ether oxygens (including phenoxy) is 4. The van der Waals surface area contributed by atoms with Gasteiger partial charge in [-0.1, -0.05) is 42.5 Å². The first-order chi connectivity index (χ1) is 30.6. The van der Waals surface area contributed by atoms with Crippen molar-refractivity contribution < 1.29 is 83.5 Å². The van der Waals surface area contributed by atoms with Gasteiger partial charge in [0.15, 0.2) is 11.6 Å². The molecule has 0 aliphatic rings. The number of esters is 2. The molecule has 5 aromatic rings. The number of halogens is 8. The molecule has 12 nitrogen and oxygen atoms in total. The fraction of sp³-hybridized carbons (Fsp3) is 0.156. The van der Waals surface area contributed by atoms with Gasteiger partial charge in [0, 0.05) is 11.4 Å². The highest BCUT2D eigenvalue weighted by Gasteiger charge is 2.45. The Morgan fingerprint density at radius 1 is 0.523 bits per heavy atom. The molecule has 0 spiro atoms. The van der Waals surface area contributed by atoms with Crippen LogP contribution in [0.3, 0.4) is 0 Å². The lowest BCUT2D eigenvalue weighted by Gasteiger charge is -2.26. The quantitative estimate of drug-likeness (QED) is 0.0204. The van der Waals surface area contributed by atoms with Crippen molar-refractivity contribution in [2.24, 2.45) is 0 Å². The Morgan fingerprint density at radius 3 is 1.22 bits per heavy atom. The highest BCUT2D eigenvalue weighted by atomic mass is 19.3. The maximum atomic E-state index is 13.3. The number of carbonyl (C=O) groups excluding carboxylic acids is 4. The molecule has 20 heteroatoms. The maximum Gasteiger partial charge on any atom is 0.461 e. The highest BCUT2D eigenvalue weighted by molar-refractivity contribution is 6.01. The summed E-state index contributed by atoms with van der Waals surface area (Å²) in [5.74, 6) is -6.61. The summed E-state index contributed by atoms with van der Waals surface area (Å²) in [6.07, 6.45) is -17.2. The van der Waals surface area contributed by atoms with E-state index >= 15 is 0 Å². The van der Waals surface area contributed by atoms with Crippen LogP contribution in [0.4, 0.5) is 46.5 Å². The van der Waals surface area contributed by atoms with Crippen LogP contribution < -0.4 is 30.4 Å². The van der Waals surface area contributed by atoms with E-state index in [2.05, 4.69) is 9.47 Å². The molecular formula is C45H34F8N2O10. The topological polar surface area (TPSA) is 198 Å². The van der Waals surface area contributed by atoms with Crippen LogP contribution in [0.1, 0.15) is 43.3 Å². The van der Waals surface area contributed by atoms with Crippen molar-refractivity contribution in [3.63, 3.8) is 0 Å². The lowest BCUT2D eigenvalue weighted by molar-refractivity contribution is -0.253. The Morgan fingerprint density at radius 2 is 0.877 bits per heavy atom. The van der Waals surface area contributed by atoms with Crippen LogP contribution >= 0.6 is 0 Å². The largest absolute Gasteiger partial charge is 0.461 e. The molecule has 0 amide bonds. The normalized spacial score (nSPS) is 13.4. The van der Waals surface area contributed by atoms with E-state index in [0.717, 1.165) is 60.7 Å². The number of alkyl halides is 8. The first kappa shape index (κ1) is 48.5. The summed E-state index contributed by atoms with van der Waals surface area (Å²) in [5, 5.41) is 22.5. The molecule has 0 fully saturated rings. The zero-order valence-electron chi connectivity index (χ0n) is 33.0. The van der Waals surface area contributed by atoms with Gasteiger partial charge in [0.05, 0.1) is 17.0 Å². The van der Waals surface area contributed by atoms with E-state index < -0.39 is 78.2 Å². The lowest BCUT2D eigenvalue weighted by Crippen LogP contribution is -2.39. The molecule has 0 aliphatic heterocycles. The van der Waals surface area contributed by atoms with E-state index in [0.29, 0.717) is 11.1 Å².